The fourth-order valence-electron chi connectivity index (χ4n) is 2.15. The molecule has 3 rings (SSSR count). The summed E-state index contributed by atoms with van der Waals surface area (Å²) in [4.78, 5) is 0. The van der Waals surface area contributed by atoms with Gasteiger partial charge in [-0.25, -0.2) is 5.10 Å². The Kier molecular flexibility index (Phi) is 4.40. The van der Waals surface area contributed by atoms with E-state index in [-0.39, 0.29) is 5.75 Å². The number of H-pyrrole nitrogens is 1. The van der Waals surface area contributed by atoms with Gasteiger partial charge in [-0.15, -0.1) is 0 Å². The van der Waals surface area contributed by atoms with Crippen LogP contribution in [0.5, 0.6) is 5.75 Å². The maximum atomic E-state index is 9.89. The molecule has 5 nitrogen and oxygen atoms in total. The van der Waals surface area contributed by atoms with Crippen LogP contribution < -0.4 is 0 Å². The van der Waals surface area contributed by atoms with Crippen molar-refractivity contribution < 1.29 is 5.11 Å². The Bertz CT molecular complexity index is 945. The van der Waals surface area contributed by atoms with Crippen LogP contribution in [-0.2, 0) is 0 Å². The first-order valence-corrected chi connectivity index (χ1v) is 8.02. The van der Waals surface area contributed by atoms with Crippen molar-refractivity contribution in [3.63, 3.8) is 0 Å². The van der Waals surface area contributed by atoms with Gasteiger partial charge in [-0.2, -0.15) is 14.9 Å². The van der Waals surface area contributed by atoms with Crippen molar-refractivity contribution in [2.45, 2.75) is 6.92 Å². The molecule has 0 saturated heterocycles. The van der Waals surface area contributed by atoms with Gasteiger partial charge in [0.25, 0.3) is 0 Å². The molecule has 0 bridgehead atoms. The summed E-state index contributed by atoms with van der Waals surface area (Å²) in [7, 11) is 0. The SMILES string of the molecule is Cc1ccccc1-c1n[nH]c(=S)n1/N=C/c1cc(Br)ccc1O. The summed E-state index contributed by atoms with van der Waals surface area (Å²) in [5.41, 5.74) is 2.59. The van der Waals surface area contributed by atoms with Crippen LogP contribution in [0.25, 0.3) is 11.4 Å². The number of halogens is 1. The van der Waals surface area contributed by atoms with E-state index in [0.29, 0.717) is 16.2 Å². The molecule has 0 radical (unpaired) electrons. The van der Waals surface area contributed by atoms with E-state index in [2.05, 4.69) is 31.2 Å². The number of aromatic amines is 1. The van der Waals surface area contributed by atoms with Crippen molar-refractivity contribution in [3.8, 4) is 17.1 Å². The highest BCUT2D eigenvalue weighted by Crippen LogP contribution is 2.22. The number of aromatic hydroxyl groups is 1. The van der Waals surface area contributed by atoms with E-state index in [1.165, 1.54) is 4.68 Å². The van der Waals surface area contributed by atoms with Gasteiger partial charge in [0.1, 0.15) is 5.75 Å². The van der Waals surface area contributed by atoms with Crippen molar-refractivity contribution in [2.24, 2.45) is 5.10 Å². The van der Waals surface area contributed by atoms with Crippen LogP contribution in [0.3, 0.4) is 0 Å². The number of nitrogens with one attached hydrogen (secondary N) is 1. The molecule has 116 valence electrons. The van der Waals surface area contributed by atoms with E-state index in [1.54, 1.807) is 24.4 Å². The van der Waals surface area contributed by atoms with Crippen LogP contribution >= 0.6 is 28.1 Å². The topological polar surface area (TPSA) is 66.2 Å². The maximum absolute atomic E-state index is 9.89. The Morgan fingerprint density at radius 1 is 1.30 bits per heavy atom. The van der Waals surface area contributed by atoms with Gasteiger partial charge in [-0.1, -0.05) is 40.2 Å². The lowest BCUT2D eigenvalue weighted by Crippen LogP contribution is -1.96. The summed E-state index contributed by atoms with van der Waals surface area (Å²) in [6.45, 7) is 2.00. The van der Waals surface area contributed by atoms with Gasteiger partial charge in [-0.3, -0.25) is 0 Å². The Balaban J connectivity index is 2.06. The van der Waals surface area contributed by atoms with Gasteiger partial charge >= 0.3 is 0 Å². The lowest BCUT2D eigenvalue weighted by Gasteiger charge is -2.04. The van der Waals surface area contributed by atoms with Crippen molar-refractivity contribution in [3.05, 3.63) is 62.8 Å². The van der Waals surface area contributed by atoms with Crippen LogP contribution in [0.1, 0.15) is 11.1 Å². The predicted octanol–water partition coefficient (Wildman–Crippen LogP) is 4.27. The third kappa shape index (κ3) is 3.25. The fraction of sp³-hybridized carbons (Fsp3) is 0.0625. The highest BCUT2D eigenvalue weighted by molar-refractivity contribution is 9.10. The van der Waals surface area contributed by atoms with E-state index in [9.17, 15) is 5.11 Å². The molecule has 0 unspecified atom stereocenters. The Morgan fingerprint density at radius 3 is 2.87 bits per heavy atom. The summed E-state index contributed by atoms with van der Waals surface area (Å²) >= 11 is 8.62. The molecule has 2 aromatic carbocycles. The normalized spacial score (nSPS) is 11.2. The van der Waals surface area contributed by atoms with Gasteiger partial charge in [-0.05, 0) is 42.9 Å². The zero-order valence-electron chi connectivity index (χ0n) is 12.2. The van der Waals surface area contributed by atoms with Gasteiger partial charge in [0, 0.05) is 15.6 Å². The summed E-state index contributed by atoms with van der Waals surface area (Å²) in [5, 5.41) is 21.3. The van der Waals surface area contributed by atoms with Crippen molar-refractivity contribution in [2.75, 3.05) is 0 Å². The van der Waals surface area contributed by atoms with Gasteiger partial charge in [0.2, 0.25) is 4.77 Å². The number of aromatic nitrogens is 3. The second-order valence-corrected chi connectivity index (χ2v) is 6.23. The first-order chi connectivity index (χ1) is 11.1. The van der Waals surface area contributed by atoms with Gasteiger partial charge in [0.05, 0.1) is 6.21 Å². The number of phenolic OH excluding ortho intramolecular Hbond substituents is 1. The third-order valence-electron chi connectivity index (χ3n) is 3.34. The molecule has 1 heterocycles. The zero-order chi connectivity index (χ0) is 16.4. The van der Waals surface area contributed by atoms with Crippen molar-refractivity contribution >= 4 is 34.4 Å². The number of benzene rings is 2. The maximum Gasteiger partial charge on any atom is 0.216 e. The third-order valence-corrected chi connectivity index (χ3v) is 4.10. The minimum Gasteiger partial charge on any atom is -0.507 e. The van der Waals surface area contributed by atoms with E-state index in [0.717, 1.165) is 15.6 Å². The molecule has 0 saturated carbocycles. The van der Waals surface area contributed by atoms with Gasteiger partial charge < -0.3 is 5.11 Å². The lowest BCUT2D eigenvalue weighted by molar-refractivity contribution is 0.474. The van der Waals surface area contributed by atoms with E-state index < -0.39 is 0 Å². The predicted molar refractivity (Wildman–Crippen MR) is 96.4 cm³/mol. The monoisotopic (exact) mass is 388 g/mol. The molecule has 0 fully saturated rings. The molecule has 23 heavy (non-hydrogen) atoms. The van der Waals surface area contributed by atoms with Crippen LogP contribution in [0, 0.1) is 11.7 Å². The van der Waals surface area contributed by atoms with Crippen LogP contribution in [0.2, 0.25) is 0 Å². The highest BCUT2D eigenvalue weighted by Gasteiger charge is 2.10. The number of hydrogen-bond acceptors (Lipinski definition) is 4. The molecule has 0 amide bonds. The Labute approximate surface area is 146 Å². The molecular weight excluding hydrogens is 376 g/mol. The molecule has 2 N–H and O–H groups in total. The zero-order valence-corrected chi connectivity index (χ0v) is 14.6. The average Bonchev–Trinajstić information content (AvgIpc) is 2.89. The van der Waals surface area contributed by atoms with E-state index in [4.69, 9.17) is 12.2 Å². The Hall–Kier alpha value is -2.25. The van der Waals surface area contributed by atoms with Crippen molar-refractivity contribution in [1.82, 2.24) is 14.9 Å². The number of phenols is 1. The summed E-state index contributed by atoms with van der Waals surface area (Å²) in [6.07, 6.45) is 1.55. The summed E-state index contributed by atoms with van der Waals surface area (Å²) in [6, 6.07) is 13.0. The number of nitrogens with zero attached hydrogens (tertiary/aromatic N) is 3. The molecule has 1 aromatic heterocycles. The molecule has 0 atom stereocenters. The second-order valence-electron chi connectivity index (χ2n) is 4.93. The van der Waals surface area contributed by atoms with E-state index >= 15 is 0 Å². The van der Waals surface area contributed by atoms with Gasteiger partial charge in [0.15, 0.2) is 5.82 Å². The minimum atomic E-state index is 0.143. The average molecular weight is 389 g/mol. The molecule has 0 spiro atoms. The molecule has 3 aromatic rings. The second kappa shape index (κ2) is 6.47. The smallest absolute Gasteiger partial charge is 0.216 e. The summed E-state index contributed by atoms with van der Waals surface area (Å²) in [5.74, 6) is 0.767. The molecule has 0 aliphatic heterocycles. The van der Waals surface area contributed by atoms with Crippen LogP contribution in [-0.4, -0.2) is 26.2 Å². The fourth-order valence-corrected chi connectivity index (χ4v) is 2.70. The first-order valence-electron chi connectivity index (χ1n) is 6.82. The molecule has 0 aliphatic rings. The highest BCUT2D eigenvalue weighted by atomic mass is 79.9. The lowest BCUT2D eigenvalue weighted by atomic mass is 10.1. The van der Waals surface area contributed by atoms with E-state index in [1.807, 2.05) is 31.2 Å². The molecule has 0 aliphatic carbocycles. The number of rotatable bonds is 3. The molecule has 7 heteroatoms. The first kappa shape index (κ1) is 15.6. The van der Waals surface area contributed by atoms with Crippen LogP contribution in [0.15, 0.2) is 52.0 Å². The largest absolute Gasteiger partial charge is 0.507 e. The minimum absolute atomic E-state index is 0.143. The quantitative estimate of drug-likeness (QED) is 0.520. The molecular formula is C16H13BrN4OS. The number of aryl methyl sites for hydroxylation is 1. The summed E-state index contributed by atoms with van der Waals surface area (Å²) < 4.78 is 2.78. The van der Waals surface area contributed by atoms with Crippen molar-refractivity contribution in [1.29, 1.82) is 0 Å². The Morgan fingerprint density at radius 2 is 2.09 bits per heavy atom. The van der Waals surface area contributed by atoms with Crippen LogP contribution in [0.4, 0.5) is 0 Å². The standard InChI is InChI=1S/C16H13BrN4OS/c1-10-4-2-3-5-13(10)15-19-20-16(23)21(15)18-9-11-8-12(17)6-7-14(11)22/h2-9,22H,1H3,(H,20,23)/b18-9+. The number of hydrogen-bond donors (Lipinski definition) is 2.